The molecule has 0 aliphatic rings. The summed E-state index contributed by atoms with van der Waals surface area (Å²) < 4.78 is 0. The van der Waals surface area contributed by atoms with E-state index in [2.05, 4.69) is 0 Å². The fourth-order valence-corrected chi connectivity index (χ4v) is 0.128. The highest BCUT2D eigenvalue weighted by atomic mass is 14.5. The van der Waals surface area contributed by atoms with Crippen LogP contribution in [0, 0.1) is 0 Å². The first-order chi connectivity index (χ1) is 2.91. The molecule has 0 aromatic heterocycles. The number of allylic oxidation sites excluding steroid dienone is 2. The first-order valence-corrected chi connectivity index (χ1v) is 1.67. The SMILES string of the molecule is N/C=C\C=C\N. The minimum Gasteiger partial charge on any atom is -0.405 e. The van der Waals surface area contributed by atoms with Crippen molar-refractivity contribution in [2.45, 2.75) is 0 Å². The number of nitrogens with two attached hydrogens (primary N) is 2. The molecule has 6 heavy (non-hydrogen) atoms. The molecule has 4 N–H and O–H groups in total. The molecule has 0 aromatic rings. The molecule has 2 nitrogen and oxygen atoms in total. The lowest BCUT2D eigenvalue weighted by Crippen LogP contribution is -1.75. The second-order valence-corrected chi connectivity index (χ2v) is 0.770. The summed E-state index contributed by atoms with van der Waals surface area (Å²) in [5, 5.41) is 0. The average Bonchev–Trinajstić information content (AvgIpc) is 1.61. The molecule has 0 saturated heterocycles. The van der Waals surface area contributed by atoms with Crippen molar-refractivity contribution in [2.24, 2.45) is 11.5 Å². The fraction of sp³-hybridized carbons (Fsp3) is 0. The van der Waals surface area contributed by atoms with E-state index in [0.29, 0.717) is 0 Å². The van der Waals surface area contributed by atoms with E-state index in [4.69, 9.17) is 11.5 Å². The van der Waals surface area contributed by atoms with E-state index in [1.165, 1.54) is 12.4 Å². The summed E-state index contributed by atoms with van der Waals surface area (Å²) in [6.07, 6.45) is 6.15. The summed E-state index contributed by atoms with van der Waals surface area (Å²) >= 11 is 0. The largest absolute Gasteiger partial charge is 0.405 e. The van der Waals surface area contributed by atoms with E-state index in [9.17, 15) is 0 Å². The molecule has 0 aromatic carbocycles. The van der Waals surface area contributed by atoms with Gasteiger partial charge in [-0.25, -0.2) is 0 Å². The lowest BCUT2D eigenvalue weighted by Gasteiger charge is -1.64. The number of rotatable bonds is 1. The summed E-state index contributed by atoms with van der Waals surface area (Å²) in [7, 11) is 0. The predicted octanol–water partition coefficient (Wildman–Crippen LogP) is -0.0688. The quantitative estimate of drug-likeness (QED) is 0.437. The van der Waals surface area contributed by atoms with Crippen LogP contribution in [0.25, 0.3) is 0 Å². The molecule has 0 heterocycles. The number of hydrogen-bond donors (Lipinski definition) is 2. The third kappa shape index (κ3) is 3.08. The first-order valence-electron chi connectivity index (χ1n) is 1.67. The van der Waals surface area contributed by atoms with Crippen LogP contribution in [0.5, 0.6) is 0 Å². The van der Waals surface area contributed by atoms with Crippen molar-refractivity contribution in [1.29, 1.82) is 0 Å². The van der Waals surface area contributed by atoms with Crippen molar-refractivity contribution in [3.8, 4) is 0 Å². The van der Waals surface area contributed by atoms with Crippen LogP contribution >= 0.6 is 0 Å². The summed E-state index contributed by atoms with van der Waals surface area (Å²) in [5.74, 6) is 0. The van der Waals surface area contributed by atoms with Gasteiger partial charge in [-0.1, -0.05) is 0 Å². The molecule has 0 saturated carbocycles. The minimum atomic E-state index is 1.42. The molecule has 0 atom stereocenters. The van der Waals surface area contributed by atoms with Crippen LogP contribution in [0.3, 0.4) is 0 Å². The molecular formula is C4H8N2. The maximum atomic E-state index is 4.93. The lowest BCUT2D eigenvalue weighted by molar-refractivity contribution is 1.56. The van der Waals surface area contributed by atoms with Crippen LogP contribution in [0.2, 0.25) is 0 Å². The Hall–Kier alpha value is -0.920. The smallest absolute Gasteiger partial charge is 0.00618 e. The van der Waals surface area contributed by atoms with E-state index in [0.717, 1.165) is 0 Å². The van der Waals surface area contributed by atoms with Gasteiger partial charge in [0.2, 0.25) is 0 Å². The Morgan fingerprint density at radius 1 is 0.833 bits per heavy atom. The molecule has 0 unspecified atom stereocenters. The van der Waals surface area contributed by atoms with Gasteiger partial charge in [0.15, 0.2) is 0 Å². The molecular weight excluding hydrogens is 76.1 g/mol. The summed E-state index contributed by atoms with van der Waals surface area (Å²) in [6, 6.07) is 0. The Kier molecular flexibility index (Phi) is 3.45. The van der Waals surface area contributed by atoms with Crippen molar-refractivity contribution in [2.75, 3.05) is 0 Å². The van der Waals surface area contributed by atoms with Crippen molar-refractivity contribution < 1.29 is 0 Å². The molecule has 0 aliphatic carbocycles. The minimum absolute atomic E-state index is 1.42. The van der Waals surface area contributed by atoms with Gasteiger partial charge in [-0.05, 0) is 24.6 Å². The zero-order valence-corrected chi connectivity index (χ0v) is 3.46. The van der Waals surface area contributed by atoms with Crippen LogP contribution in [-0.4, -0.2) is 0 Å². The Morgan fingerprint density at radius 3 is 1.33 bits per heavy atom. The summed E-state index contributed by atoms with van der Waals surface area (Å²) in [4.78, 5) is 0. The van der Waals surface area contributed by atoms with Crippen LogP contribution in [0.15, 0.2) is 24.6 Å². The average molecular weight is 84.1 g/mol. The molecule has 0 fully saturated rings. The maximum Gasteiger partial charge on any atom is -0.00618 e. The Balaban J connectivity index is 3.07. The van der Waals surface area contributed by atoms with E-state index < -0.39 is 0 Å². The highest BCUT2D eigenvalue weighted by molar-refractivity contribution is 4.97. The van der Waals surface area contributed by atoms with Gasteiger partial charge in [0, 0.05) is 0 Å². The monoisotopic (exact) mass is 84.1 g/mol. The van der Waals surface area contributed by atoms with Gasteiger partial charge >= 0.3 is 0 Å². The Morgan fingerprint density at radius 2 is 1.17 bits per heavy atom. The molecule has 2 heteroatoms. The van der Waals surface area contributed by atoms with Gasteiger partial charge < -0.3 is 11.5 Å². The lowest BCUT2D eigenvalue weighted by atomic mass is 10.6. The maximum absolute atomic E-state index is 4.93. The molecule has 0 rings (SSSR count). The molecule has 34 valence electrons. The van der Waals surface area contributed by atoms with E-state index >= 15 is 0 Å². The van der Waals surface area contributed by atoms with Crippen molar-refractivity contribution in [3.63, 3.8) is 0 Å². The molecule has 0 bridgehead atoms. The van der Waals surface area contributed by atoms with Crippen LogP contribution in [-0.2, 0) is 0 Å². The molecule has 0 amide bonds. The highest BCUT2D eigenvalue weighted by Crippen LogP contribution is 1.62. The third-order valence-electron chi connectivity index (χ3n) is 0.333. The van der Waals surface area contributed by atoms with Crippen molar-refractivity contribution >= 4 is 0 Å². The summed E-state index contributed by atoms with van der Waals surface area (Å²) in [6.45, 7) is 0. The van der Waals surface area contributed by atoms with Crippen molar-refractivity contribution in [1.82, 2.24) is 0 Å². The van der Waals surface area contributed by atoms with E-state index in [1.54, 1.807) is 12.2 Å². The topological polar surface area (TPSA) is 52.0 Å². The van der Waals surface area contributed by atoms with Gasteiger partial charge in [-0.15, -0.1) is 0 Å². The normalized spacial score (nSPS) is 11.3. The molecule has 0 radical (unpaired) electrons. The van der Waals surface area contributed by atoms with Gasteiger partial charge in [0.1, 0.15) is 0 Å². The predicted molar refractivity (Wildman–Crippen MR) is 26.7 cm³/mol. The zero-order chi connectivity index (χ0) is 4.83. The molecule has 0 aliphatic heterocycles. The van der Waals surface area contributed by atoms with Gasteiger partial charge in [0.05, 0.1) is 0 Å². The van der Waals surface area contributed by atoms with E-state index in [-0.39, 0.29) is 0 Å². The van der Waals surface area contributed by atoms with Crippen molar-refractivity contribution in [3.05, 3.63) is 24.6 Å². The standard InChI is InChI=1S/C4H8N2/c5-3-1-2-4-6/h1-4H,5-6H2/b3-1-,4-2+. The Bertz CT molecular complexity index is 53.9. The zero-order valence-electron chi connectivity index (χ0n) is 3.46. The van der Waals surface area contributed by atoms with Crippen LogP contribution in [0.1, 0.15) is 0 Å². The molecule has 0 spiro atoms. The number of hydrogen-bond acceptors (Lipinski definition) is 2. The van der Waals surface area contributed by atoms with Gasteiger partial charge in [-0.2, -0.15) is 0 Å². The summed E-state index contributed by atoms with van der Waals surface area (Å²) in [5.41, 5.74) is 9.85. The van der Waals surface area contributed by atoms with Gasteiger partial charge in [-0.3, -0.25) is 0 Å². The van der Waals surface area contributed by atoms with E-state index in [1.807, 2.05) is 0 Å². The van der Waals surface area contributed by atoms with Gasteiger partial charge in [0.25, 0.3) is 0 Å². The highest BCUT2D eigenvalue weighted by Gasteiger charge is 1.48. The first kappa shape index (κ1) is 5.08. The second kappa shape index (κ2) is 4.08. The third-order valence-corrected chi connectivity index (χ3v) is 0.333. The van der Waals surface area contributed by atoms with Crippen LogP contribution < -0.4 is 11.5 Å². The Labute approximate surface area is 37.1 Å². The fourth-order valence-electron chi connectivity index (χ4n) is 0.128. The van der Waals surface area contributed by atoms with Crippen LogP contribution in [0.4, 0.5) is 0 Å². The second-order valence-electron chi connectivity index (χ2n) is 0.770.